The quantitative estimate of drug-likeness (QED) is 0.579. The third-order valence-electron chi connectivity index (χ3n) is 4.08. The zero-order chi connectivity index (χ0) is 15.1. The van der Waals surface area contributed by atoms with Crippen LogP contribution in [0.25, 0.3) is 33.7 Å². The van der Waals surface area contributed by atoms with Crippen LogP contribution in [0.3, 0.4) is 0 Å². The second-order valence-electron chi connectivity index (χ2n) is 5.56. The molecular weight excluding hydrogens is 272 g/mol. The zero-order valence-corrected chi connectivity index (χ0v) is 12.5. The van der Waals surface area contributed by atoms with E-state index in [1.54, 1.807) is 0 Å². The highest BCUT2D eigenvalue weighted by Gasteiger charge is 2.13. The van der Waals surface area contributed by atoms with Crippen molar-refractivity contribution in [2.45, 2.75) is 13.8 Å². The summed E-state index contributed by atoms with van der Waals surface area (Å²) in [6.45, 7) is 4.24. The standard InChI is InChI=1S/C18H16N4/c1-11-7-8-13(9-12(11)2)17-14(10-19-22-17)18-20-15-5-3-4-6-16(15)21-18/h3-10H,1-2H3,(H,19,22)(H,20,21). The van der Waals surface area contributed by atoms with Gasteiger partial charge in [0.05, 0.1) is 28.5 Å². The Labute approximate surface area is 128 Å². The first-order valence-electron chi connectivity index (χ1n) is 7.28. The molecule has 0 aliphatic rings. The van der Waals surface area contributed by atoms with E-state index in [0.29, 0.717) is 0 Å². The van der Waals surface area contributed by atoms with Gasteiger partial charge < -0.3 is 4.98 Å². The number of hydrogen-bond donors (Lipinski definition) is 2. The Morgan fingerprint density at radius 3 is 2.64 bits per heavy atom. The van der Waals surface area contributed by atoms with Gasteiger partial charge in [-0.1, -0.05) is 24.3 Å². The van der Waals surface area contributed by atoms with E-state index in [9.17, 15) is 0 Å². The highest BCUT2D eigenvalue weighted by molar-refractivity contribution is 5.84. The van der Waals surface area contributed by atoms with Crippen molar-refractivity contribution in [1.82, 2.24) is 20.2 Å². The first-order valence-corrected chi connectivity index (χ1v) is 7.28. The van der Waals surface area contributed by atoms with Gasteiger partial charge in [-0.15, -0.1) is 0 Å². The van der Waals surface area contributed by atoms with Crippen LogP contribution in [0.2, 0.25) is 0 Å². The molecule has 2 aromatic carbocycles. The molecule has 108 valence electrons. The number of hydrogen-bond acceptors (Lipinski definition) is 2. The van der Waals surface area contributed by atoms with Gasteiger partial charge in [0.2, 0.25) is 0 Å². The van der Waals surface area contributed by atoms with Gasteiger partial charge in [-0.2, -0.15) is 5.10 Å². The summed E-state index contributed by atoms with van der Waals surface area (Å²) < 4.78 is 0. The number of aromatic amines is 2. The minimum absolute atomic E-state index is 0.836. The molecule has 0 fully saturated rings. The van der Waals surface area contributed by atoms with E-state index in [1.165, 1.54) is 11.1 Å². The summed E-state index contributed by atoms with van der Waals surface area (Å²) in [6.07, 6.45) is 1.82. The van der Waals surface area contributed by atoms with Crippen LogP contribution < -0.4 is 0 Å². The number of fused-ring (bicyclic) bond motifs is 1. The minimum Gasteiger partial charge on any atom is -0.338 e. The molecule has 0 atom stereocenters. The predicted octanol–water partition coefficient (Wildman–Crippen LogP) is 4.24. The van der Waals surface area contributed by atoms with Gasteiger partial charge in [0, 0.05) is 5.56 Å². The lowest BCUT2D eigenvalue weighted by molar-refractivity contribution is 1.09. The monoisotopic (exact) mass is 288 g/mol. The van der Waals surface area contributed by atoms with Crippen molar-refractivity contribution in [3.05, 3.63) is 59.8 Å². The van der Waals surface area contributed by atoms with Crippen LogP contribution in [-0.2, 0) is 0 Å². The molecule has 4 nitrogen and oxygen atoms in total. The molecule has 0 amide bonds. The fourth-order valence-electron chi connectivity index (χ4n) is 2.66. The van der Waals surface area contributed by atoms with Crippen molar-refractivity contribution in [2.24, 2.45) is 0 Å². The van der Waals surface area contributed by atoms with Gasteiger partial charge in [-0.05, 0) is 43.2 Å². The number of imidazole rings is 1. The van der Waals surface area contributed by atoms with Crippen LogP contribution in [0.4, 0.5) is 0 Å². The van der Waals surface area contributed by atoms with Gasteiger partial charge in [-0.3, -0.25) is 5.10 Å². The largest absolute Gasteiger partial charge is 0.338 e. The van der Waals surface area contributed by atoms with Gasteiger partial charge in [0.25, 0.3) is 0 Å². The van der Waals surface area contributed by atoms with E-state index in [2.05, 4.69) is 52.2 Å². The Morgan fingerprint density at radius 1 is 0.955 bits per heavy atom. The van der Waals surface area contributed by atoms with Crippen molar-refractivity contribution in [1.29, 1.82) is 0 Å². The highest BCUT2D eigenvalue weighted by Crippen LogP contribution is 2.30. The maximum atomic E-state index is 4.67. The maximum absolute atomic E-state index is 4.67. The maximum Gasteiger partial charge on any atom is 0.142 e. The normalized spacial score (nSPS) is 11.2. The zero-order valence-electron chi connectivity index (χ0n) is 12.5. The molecule has 0 aliphatic carbocycles. The van der Waals surface area contributed by atoms with Crippen molar-refractivity contribution < 1.29 is 0 Å². The molecule has 4 aromatic rings. The molecule has 22 heavy (non-hydrogen) atoms. The predicted molar refractivity (Wildman–Crippen MR) is 88.6 cm³/mol. The summed E-state index contributed by atoms with van der Waals surface area (Å²) in [4.78, 5) is 8.03. The van der Waals surface area contributed by atoms with E-state index < -0.39 is 0 Å². The molecule has 4 rings (SSSR count). The molecule has 0 spiro atoms. The summed E-state index contributed by atoms with van der Waals surface area (Å²) in [5.74, 6) is 0.836. The van der Waals surface area contributed by atoms with E-state index in [-0.39, 0.29) is 0 Å². The fraction of sp³-hybridized carbons (Fsp3) is 0.111. The molecule has 0 aliphatic heterocycles. The molecular formula is C18H16N4. The summed E-state index contributed by atoms with van der Waals surface area (Å²) in [6, 6.07) is 14.5. The van der Waals surface area contributed by atoms with Crippen LogP contribution in [0.5, 0.6) is 0 Å². The van der Waals surface area contributed by atoms with E-state index in [4.69, 9.17) is 0 Å². The average molecular weight is 288 g/mol. The van der Waals surface area contributed by atoms with Crippen LogP contribution in [0.15, 0.2) is 48.7 Å². The minimum atomic E-state index is 0.836. The van der Waals surface area contributed by atoms with Crippen molar-refractivity contribution >= 4 is 11.0 Å². The topological polar surface area (TPSA) is 57.4 Å². The Hall–Kier alpha value is -2.88. The van der Waals surface area contributed by atoms with E-state index in [0.717, 1.165) is 33.7 Å². The number of H-pyrrole nitrogens is 2. The lowest BCUT2D eigenvalue weighted by Crippen LogP contribution is -1.87. The number of aryl methyl sites for hydroxylation is 2. The smallest absolute Gasteiger partial charge is 0.142 e. The molecule has 0 bridgehead atoms. The molecule has 2 N–H and O–H groups in total. The fourth-order valence-corrected chi connectivity index (χ4v) is 2.66. The Kier molecular flexibility index (Phi) is 2.82. The lowest BCUT2D eigenvalue weighted by Gasteiger charge is -2.05. The van der Waals surface area contributed by atoms with Crippen molar-refractivity contribution in [3.63, 3.8) is 0 Å². The van der Waals surface area contributed by atoms with Gasteiger partial charge in [-0.25, -0.2) is 4.98 Å². The van der Waals surface area contributed by atoms with Gasteiger partial charge in [0.1, 0.15) is 5.82 Å². The first-order chi connectivity index (χ1) is 10.7. The SMILES string of the molecule is Cc1ccc(-c2[nH]ncc2-c2nc3ccccc3[nH]2)cc1C. The number of aromatic nitrogens is 4. The molecule has 0 radical (unpaired) electrons. The third kappa shape index (κ3) is 2.00. The van der Waals surface area contributed by atoms with Gasteiger partial charge >= 0.3 is 0 Å². The summed E-state index contributed by atoms with van der Waals surface area (Å²) in [5.41, 5.74) is 7.64. The summed E-state index contributed by atoms with van der Waals surface area (Å²) in [5, 5.41) is 7.31. The number of rotatable bonds is 2. The average Bonchev–Trinajstić information content (AvgIpc) is 3.15. The number of para-hydroxylation sites is 2. The summed E-state index contributed by atoms with van der Waals surface area (Å²) >= 11 is 0. The second-order valence-corrected chi connectivity index (χ2v) is 5.56. The second kappa shape index (κ2) is 4.84. The molecule has 4 heteroatoms. The van der Waals surface area contributed by atoms with Gasteiger partial charge in [0.15, 0.2) is 0 Å². The highest BCUT2D eigenvalue weighted by atomic mass is 15.1. The van der Waals surface area contributed by atoms with Crippen molar-refractivity contribution in [3.8, 4) is 22.6 Å². The number of benzene rings is 2. The van der Waals surface area contributed by atoms with Crippen LogP contribution >= 0.6 is 0 Å². The summed E-state index contributed by atoms with van der Waals surface area (Å²) in [7, 11) is 0. The lowest BCUT2D eigenvalue weighted by atomic mass is 10.0. The van der Waals surface area contributed by atoms with E-state index >= 15 is 0 Å². The number of nitrogens with zero attached hydrogens (tertiary/aromatic N) is 2. The van der Waals surface area contributed by atoms with Crippen LogP contribution in [0, 0.1) is 13.8 Å². The first kappa shape index (κ1) is 12.8. The molecule has 2 aromatic heterocycles. The Morgan fingerprint density at radius 2 is 1.82 bits per heavy atom. The van der Waals surface area contributed by atoms with Crippen molar-refractivity contribution in [2.75, 3.05) is 0 Å². The molecule has 0 unspecified atom stereocenters. The third-order valence-corrected chi connectivity index (χ3v) is 4.08. The Bertz CT molecular complexity index is 929. The molecule has 2 heterocycles. The Balaban J connectivity index is 1.87. The van der Waals surface area contributed by atoms with E-state index in [1.807, 2.05) is 30.5 Å². The molecule has 0 saturated carbocycles. The van der Waals surface area contributed by atoms with Crippen LogP contribution in [0.1, 0.15) is 11.1 Å². The number of nitrogens with one attached hydrogen (secondary N) is 2. The van der Waals surface area contributed by atoms with Crippen LogP contribution in [-0.4, -0.2) is 20.2 Å². The molecule has 0 saturated heterocycles.